The monoisotopic (exact) mass is 498 g/mol. The highest BCUT2D eigenvalue weighted by atomic mass is 32.1. The molecule has 1 fully saturated rings. The Balaban J connectivity index is 1.15. The van der Waals surface area contributed by atoms with Crippen LogP contribution < -0.4 is 19.5 Å². The Hall–Kier alpha value is -3.37. The molecule has 0 saturated carbocycles. The standard InChI is InChI=1S/C25H30N4O5S/c1-32-18-5-3-6-19(17-18)34-16-15-28-11-13-29(14-12-28)23(31)10-9-22(30)26-25-27-24-20(33-2)7-4-8-21(24)35-25/h3-8,17H,9-16H2,1-2H3,(H,26,27,30). The van der Waals surface area contributed by atoms with Gasteiger partial charge in [-0.25, -0.2) is 4.98 Å². The molecule has 0 radical (unpaired) electrons. The van der Waals surface area contributed by atoms with Crippen LogP contribution in [0.15, 0.2) is 42.5 Å². The summed E-state index contributed by atoms with van der Waals surface area (Å²) in [5.74, 6) is 1.99. The zero-order chi connectivity index (χ0) is 24.6. The van der Waals surface area contributed by atoms with Gasteiger partial charge in [0.2, 0.25) is 11.8 Å². The number of carbonyl (C=O) groups excluding carboxylic acids is 2. The average molecular weight is 499 g/mol. The fourth-order valence-corrected chi connectivity index (χ4v) is 4.81. The molecular formula is C25H30N4O5S. The van der Waals surface area contributed by atoms with Crippen LogP contribution in [0.2, 0.25) is 0 Å². The van der Waals surface area contributed by atoms with Gasteiger partial charge in [0.15, 0.2) is 5.13 Å². The van der Waals surface area contributed by atoms with Gasteiger partial charge in [-0.3, -0.25) is 14.5 Å². The van der Waals surface area contributed by atoms with E-state index in [4.69, 9.17) is 14.2 Å². The Kier molecular flexibility index (Phi) is 8.38. The normalized spacial score (nSPS) is 14.1. The van der Waals surface area contributed by atoms with E-state index in [0.717, 1.165) is 41.3 Å². The number of amides is 2. The van der Waals surface area contributed by atoms with Gasteiger partial charge >= 0.3 is 0 Å². The Morgan fingerprint density at radius 3 is 2.54 bits per heavy atom. The number of anilines is 1. The molecule has 0 unspecified atom stereocenters. The lowest BCUT2D eigenvalue weighted by Crippen LogP contribution is -2.49. The van der Waals surface area contributed by atoms with Gasteiger partial charge in [-0.05, 0) is 24.3 Å². The van der Waals surface area contributed by atoms with Crippen LogP contribution in [0.4, 0.5) is 5.13 Å². The average Bonchev–Trinajstić information content (AvgIpc) is 3.30. The maximum atomic E-state index is 12.6. The molecule has 35 heavy (non-hydrogen) atoms. The van der Waals surface area contributed by atoms with Crippen molar-refractivity contribution in [3.8, 4) is 17.2 Å². The minimum Gasteiger partial charge on any atom is -0.497 e. The summed E-state index contributed by atoms with van der Waals surface area (Å²) >= 11 is 1.38. The third-order valence-electron chi connectivity index (χ3n) is 5.86. The third-order valence-corrected chi connectivity index (χ3v) is 6.79. The van der Waals surface area contributed by atoms with Crippen molar-refractivity contribution in [3.05, 3.63) is 42.5 Å². The Bertz CT molecular complexity index is 1160. The van der Waals surface area contributed by atoms with Crippen LogP contribution in [-0.4, -0.2) is 80.1 Å². The van der Waals surface area contributed by atoms with Crippen LogP contribution >= 0.6 is 11.3 Å². The van der Waals surface area contributed by atoms with E-state index in [2.05, 4.69) is 15.2 Å². The van der Waals surface area contributed by atoms with Crippen molar-refractivity contribution in [2.45, 2.75) is 12.8 Å². The first kappa shape index (κ1) is 24.7. The van der Waals surface area contributed by atoms with Crippen molar-refractivity contribution in [3.63, 3.8) is 0 Å². The van der Waals surface area contributed by atoms with Crippen LogP contribution in [0.25, 0.3) is 10.2 Å². The van der Waals surface area contributed by atoms with E-state index in [9.17, 15) is 9.59 Å². The maximum absolute atomic E-state index is 12.6. The van der Waals surface area contributed by atoms with E-state index in [0.29, 0.717) is 30.6 Å². The van der Waals surface area contributed by atoms with Crippen molar-refractivity contribution in [1.82, 2.24) is 14.8 Å². The zero-order valence-corrected chi connectivity index (χ0v) is 20.8. The number of nitrogens with zero attached hydrogens (tertiary/aromatic N) is 3. The predicted octanol–water partition coefficient (Wildman–Crippen LogP) is 3.26. The van der Waals surface area contributed by atoms with Crippen molar-refractivity contribution in [1.29, 1.82) is 0 Å². The van der Waals surface area contributed by atoms with E-state index in [1.165, 1.54) is 11.3 Å². The van der Waals surface area contributed by atoms with Crippen molar-refractivity contribution in [2.75, 3.05) is 58.9 Å². The lowest BCUT2D eigenvalue weighted by atomic mass is 10.2. The van der Waals surface area contributed by atoms with Crippen molar-refractivity contribution >= 4 is 38.5 Å². The van der Waals surface area contributed by atoms with Gasteiger partial charge in [-0.1, -0.05) is 23.5 Å². The number of benzene rings is 2. The van der Waals surface area contributed by atoms with Crippen LogP contribution in [0.1, 0.15) is 12.8 Å². The van der Waals surface area contributed by atoms with E-state index < -0.39 is 0 Å². The summed E-state index contributed by atoms with van der Waals surface area (Å²) in [6.07, 6.45) is 0.305. The molecule has 9 nitrogen and oxygen atoms in total. The summed E-state index contributed by atoms with van der Waals surface area (Å²) in [5.41, 5.74) is 0.721. The van der Waals surface area contributed by atoms with Gasteiger partial charge in [0.25, 0.3) is 0 Å². The summed E-state index contributed by atoms with van der Waals surface area (Å²) in [6.45, 7) is 4.22. The van der Waals surface area contributed by atoms with Crippen LogP contribution in [0.3, 0.4) is 0 Å². The van der Waals surface area contributed by atoms with Crippen LogP contribution in [0.5, 0.6) is 17.2 Å². The molecule has 0 bridgehead atoms. The number of piperazine rings is 1. The number of fused-ring (bicyclic) bond motifs is 1. The molecule has 2 heterocycles. The topological polar surface area (TPSA) is 93.2 Å². The number of thiazole rings is 1. The molecule has 1 aliphatic heterocycles. The van der Waals surface area contributed by atoms with Crippen LogP contribution in [-0.2, 0) is 9.59 Å². The summed E-state index contributed by atoms with van der Waals surface area (Å²) in [7, 11) is 3.22. The zero-order valence-electron chi connectivity index (χ0n) is 20.0. The van der Waals surface area contributed by atoms with Gasteiger partial charge in [0.05, 0.1) is 18.9 Å². The molecule has 0 aliphatic carbocycles. The van der Waals surface area contributed by atoms with E-state index >= 15 is 0 Å². The number of nitrogens with one attached hydrogen (secondary N) is 1. The first-order valence-corrected chi connectivity index (χ1v) is 12.4. The molecule has 2 aromatic carbocycles. The summed E-state index contributed by atoms with van der Waals surface area (Å²) in [6, 6.07) is 13.2. The Morgan fingerprint density at radius 2 is 1.77 bits per heavy atom. The second-order valence-electron chi connectivity index (χ2n) is 8.12. The minimum atomic E-state index is -0.218. The van der Waals surface area contributed by atoms with E-state index in [1.54, 1.807) is 14.2 Å². The second-order valence-corrected chi connectivity index (χ2v) is 9.15. The Morgan fingerprint density at radius 1 is 1.00 bits per heavy atom. The van der Waals surface area contributed by atoms with Crippen LogP contribution in [0, 0.1) is 0 Å². The summed E-state index contributed by atoms with van der Waals surface area (Å²) in [5, 5.41) is 3.31. The van der Waals surface area contributed by atoms with Gasteiger partial charge in [0.1, 0.15) is 29.4 Å². The lowest BCUT2D eigenvalue weighted by molar-refractivity contribution is -0.134. The minimum absolute atomic E-state index is 0.00148. The molecule has 1 saturated heterocycles. The molecule has 2 amide bonds. The summed E-state index contributed by atoms with van der Waals surface area (Å²) < 4.78 is 17.3. The summed E-state index contributed by atoms with van der Waals surface area (Å²) in [4.78, 5) is 33.5. The molecule has 1 N–H and O–H groups in total. The second kappa shape index (κ2) is 11.9. The van der Waals surface area contributed by atoms with E-state index in [-0.39, 0.29) is 24.7 Å². The van der Waals surface area contributed by atoms with Gasteiger partial charge in [-0.15, -0.1) is 0 Å². The first-order valence-electron chi connectivity index (χ1n) is 11.6. The third kappa shape index (κ3) is 6.61. The molecule has 3 aromatic rings. The molecule has 1 aromatic heterocycles. The molecule has 0 spiro atoms. The van der Waals surface area contributed by atoms with E-state index in [1.807, 2.05) is 47.4 Å². The fourth-order valence-electron chi connectivity index (χ4n) is 3.91. The predicted molar refractivity (Wildman–Crippen MR) is 136 cm³/mol. The van der Waals surface area contributed by atoms with Crippen molar-refractivity contribution < 1.29 is 23.8 Å². The fraction of sp³-hybridized carbons (Fsp3) is 0.400. The Labute approximate surface area is 208 Å². The van der Waals surface area contributed by atoms with Gasteiger partial charge in [0, 0.05) is 51.6 Å². The number of carbonyl (C=O) groups is 2. The molecular weight excluding hydrogens is 468 g/mol. The number of rotatable bonds is 10. The van der Waals surface area contributed by atoms with Gasteiger partial charge in [-0.2, -0.15) is 0 Å². The molecule has 186 valence electrons. The number of hydrogen-bond acceptors (Lipinski definition) is 8. The number of ether oxygens (including phenoxy) is 3. The molecule has 4 rings (SSSR count). The largest absolute Gasteiger partial charge is 0.497 e. The smallest absolute Gasteiger partial charge is 0.226 e. The van der Waals surface area contributed by atoms with Gasteiger partial charge < -0.3 is 24.4 Å². The number of hydrogen-bond donors (Lipinski definition) is 1. The SMILES string of the molecule is COc1cccc(OCCN2CCN(C(=O)CCC(=O)Nc3nc4c(OC)cccc4s3)CC2)c1. The highest BCUT2D eigenvalue weighted by Crippen LogP contribution is 2.32. The highest BCUT2D eigenvalue weighted by Gasteiger charge is 2.21. The molecule has 0 atom stereocenters. The molecule has 10 heteroatoms. The van der Waals surface area contributed by atoms with Crippen molar-refractivity contribution in [2.24, 2.45) is 0 Å². The number of para-hydroxylation sites is 1. The number of methoxy groups -OCH3 is 2. The lowest BCUT2D eigenvalue weighted by Gasteiger charge is -2.34. The molecule has 1 aliphatic rings. The number of aromatic nitrogens is 1. The maximum Gasteiger partial charge on any atom is 0.226 e. The highest BCUT2D eigenvalue weighted by molar-refractivity contribution is 7.22. The quantitative estimate of drug-likeness (QED) is 0.459. The first-order chi connectivity index (χ1) is 17.1.